The topological polar surface area (TPSA) is 92.3 Å². The van der Waals surface area contributed by atoms with Gasteiger partial charge in [-0.1, -0.05) is 6.07 Å². The number of rotatable bonds is 4. The maximum atomic E-state index is 11.9. The number of pyridine rings is 1. The fourth-order valence-corrected chi connectivity index (χ4v) is 2.01. The standard InChI is InChI=1S/C15H12N2O4/c1-21-13-6-5-10(8-16)7-11(13)9-17-12(15(19)20)3-2-4-14(17)18/h2-7H,9H2,1H3,(H,19,20). The van der Waals surface area contributed by atoms with Gasteiger partial charge < -0.3 is 9.84 Å². The van der Waals surface area contributed by atoms with E-state index in [9.17, 15) is 9.59 Å². The normalized spacial score (nSPS) is 9.90. The number of ether oxygens (including phenoxy) is 1. The minimum absolute atomic E-state index is 0.0139. The quantitative estimate of drug-likeness (QED) is 0.917. The molecule has 0 aliphatic heterocycles. The predicted molar refractivity (Wildman–Crippen MR) is 74.5 cm³/mol. The van der Waals surface area contributed by atoms with Gasteiger partial charge in [0, 0.05) is 11.6 Å². The van der Waals surface area contributed by atoms with Gasteiger partial charge in [-0.2, -0.15) is 5.26 Å². The van der Waals surface area contributed by atoms with E-state index in [0.717, 1.165) is 4.57 Å². The molecule has 1 heterocycles. The molecule has 0 spiro atoms. The van der Waals surface area contributed by atoms with Crippen molar-refractivity contribution in [3.8, 4) is 11.8 Å². The van der Waals surface area contributed by atoms with Gasteiger partial charge in [0.25, 0.3) is 5.56 Å². The lowest BCUT2D eigenvalue weighted by atomic mass is 10.1. The summed E-state index contributed by atoms with van der Waals surface area (Å²) in [5, 5.41) is 18.1. The van der Waals surface area contributed by atoms with Crippen molar-refractivity contribution < 1.29 is 14.6 Å². The van der Waals surface area contributed by atoms with Crippen molar-refractivity contribution in [2.75, 3.05) is 7.11 Å². The maximum Gasteiger partial charge on any atom is 0.352 e. The minimum atomic E-state index is -1.19. The molecule has 0 saturated heterocycles. The van der Waals surface area contributed by atoms with E-state index in [-0.39, 0.29) is 12.2 Å². The summed E-state index contributed by atoms with van der Waals surface area (Å²) in [7, 11) is 1.47. The first-order chi connectivity index (χ1) is 10.1. The van der Waals surface area contributed by atoms with Gasteiger partial charge in [-0.05, 0) is 24.3 Å². The van der Waals surface area contributed by atoms with E-state index < -0.39 is 11.5 Å². The maximum absolute atomic E-state index is 11.9. The van der Waals surface area contributed by atoms with Crippen molar-refractivity contribution in [3.05, 3.63) is 63.6 Å². The number of carboxylic acid groups (broad SMARTS) is 1. The van der Waals surface area contributed by atoms with Crippen LogP contribution in [0.5, 0.6) is 5.75 Å². The molecular formula is C15H12N2O4. The van der Waals surface area contributed by atoms with E-state index in [0.29, 0.717) is 16.9 Å². The second-order valence-corrected chi connectivity index (χ2v) is 4.28. The molecule has 106 valence electrons. The van der Waals surface area contributed by atoms with Crippen molar-refractivity contribution in [3.63, 3.8) is 0 Å². The van der Waals surface area contributed by atoms with Crippen LogP contribution in [0.25, 0.3) is 0 Å². The first-order valence-electron chi connectivity index (χ1n) is 6.07. The van der Waals surface area contributed by atoms with Crippen molar-refractivity contribution in [2.24, 2.45) is 0 Å². The third-order valence-electron chi connectivity index (χ3n) is 3.01. The fourth-order valence-electron chi connectivity index (χ4n) is 2.01. The molecule has 1 N–H and O–H groups in total. The zero-order valence-corrected chi connectivity index (χ0v) is 11.2. The molecule has 6 heteroatoms. The number of methoxy groups -OCH3 is 1. The summed E-state index contributed by atoms with van der Waals surface area (Å²) in [6, 6.07) is 10.8. The highest BCUT2D eigenvalue weighted by Crippen LogP contribution is 2.20. The van der Waals surface area contributed by atoms with Crippen LogP contribution >= 0.6 is 0 Å². The highest BCUT2D eigenvalue weighted by atomic mass is 16.5. The molecule has 1 aromatic carbocycles. The van der Waals surface area contributed by atoms with E-state index in [4.69, 9.17) is 15.1 Å². The molecule has 6 nitrogen and oxygen atoms in total. The highest BCUT2D eigenvalue weighted by molar-refractivity contribution is 5.85. The van der Waals surface area contributed by atoms with Crippen LogP contribution in [0.2, 0.25) is 0 Å². The zero-order valence-electron chi connectivity index (χ0n) is 11.2. The van der Waals surface area contributed by atoms with E-state index in [2.05, 4.69) is 0 Å². The lowest BCUT2D eigenvalue weighted by molar-refractivity contribution is 0.0684. The molecule has 0 saturated carbocycles. The molecule has 0 amide bonds. The third kappa shape index (κ3) is 2.92. The molecule has 2 rings (SSSR count). The second-order valence-electron chi connectivity index (χ2n) is 4.28. The first kappa shape index (κ1) is 14.3. The van der Waals surface area contributed by atoms with E-state index in [1.807, 2.05) is 6.07 Å². The predicted octanol–water partition coefficient (Wildman–Crippen LogP) is 1.48. The summed E-state index contributed by atoms with van der Waals surface area (Å²) in [5.41, 5.74) is 0.422. The van der Waals surface area contributed by atoms with Crippen molar-refractivity contribution in [1.29, 1.82) is 5.26 Å². The van der Waals surface area contributed by atoms with E-state index >= 15 is 0 Å². The van der Waals surface area contributed by atoms with Crippen molar-refractivity contribution >= 4 is 5.97 Å². The summed E-state index contributed by atoms with van der Waals surface area (Å²) in [5.74, 6) is -0.704. The molecular weight excluding hydrogens is 272 g/mol. The summed E-state index contributed by atoms with van der Waals surface area (Å²) in [6.45, 7) is 0.0139. The summed E-state index contributed by atoms with van der Waals surface area (Å²) >= 11 is 0. The van der Waals surface area contributed by atoms with Crippen molar-refractivity contribution in [2.45, 2.75) is 6.54 Å². The Balaban J connectivity index is 2.55. The van der Waals surface area contributed by atoms with E-state index in [1.54, 1.807) is 18.2 Å². The molecule has 0 atom stereocenters. The molecule has 1 aromatic heterocycles. The Bertz CT molecular complexity index is 787. The lowest BCUT2D eigenvalue weighted by Crippen LogP contribution is -2.25. The van der Waals surface area contributed by atoms with Gasteiger partial charge in [0.2, 0.25) is 0 Å². The Hall–Kier alpha value is -3.07. The molecule has 0 aliphatic rings. The number of nitriles is 1. The first-order valence-corrected chi connectivity index (χ1v) is 6.07. The van der Waals surface area contributed by atoms with E-state index in [1.165, 1.54) is 25.3 Å². The van der Waals surface area contributed by atoms with Crippen LogP contribution in [-0.4, -0.2) is 22.8 Å². The van der Waals surface area contributed by atoms with Gasteiger partial charge in [0.15, 0.2) is 0 Å². The van der Waals surface area contributed by atoms with Crippen LogP contribution in [0.4, 0.5) is 0 Å². The van der Waals surface area contributed by atoms with Crippen LogP contribution < -0.4 is 10.3 Å². The van der Waals surface area contributed by atoms with Crippen LogP contribution in [0, 0.1) is 11.3 Å². The Kier molecular flexibility index (Phi) is 4.05. The number of nitrogens with zero attached hydrogens (tertiary/aromatic N) is 2. The molecule has 0 unspecified atom stereocenters. The highest BCUT2D eigenvalue weighted by Gasteiger charge is 2.13. The number of benzene rings is 1. The average Bonchev–Trinajstić information content (AvgIpc) is 2.48. The van der Waals surface area contributed by atoms with Crippen molar-refractivity contribution in [1.82, 2.24) is 4.57 Å². The van der Waals surface area contributed by atoms with Crippen LogP contribution in [-0.2, 0) is 6.54 Å². The smallest absolute Gasteiger partial charge is 0.352 e. The Morgan fingerprint density at radius 2 is 2.14 bits per heavy atom. The Morgan fingerprint density at radius 1 is 1.38 bits per heavy atom. The largest absolute Gasteiger partial charge is 0.496 e. The summed E-state index contributed by atoms with van der Waals surface area (Å²) < 4.78 is 6.31. The molecule has 21 heavy (non-hydrogen) atoms. The number of aromatic nitrogens is 1. The van der Waals surface area contributed by atoms with Gasteiger partial charge in [0.05, 0.1) is 25.3 Å². The number of hydrogen-bond acceptors (Lipinski definition) is 4. The second kappa shape index (κ2) is 5.92. The molecule has 0 aliphatic carbocycles. The average molecular weight is 284 g/mol. The minimum Gasteiger partial charge on any atom is -0.496 e. The zero-order chi connectivity index (χ0) is 15.4. The molecule has 0 radical (unpaired) electrons. The lowest BCUT2D eigenvalue weighted by Gasteiger charge is -2.12. The van der Waals surface area contributed by atoms with Crippen LogP contribution in [0.1, 0.15) is 21.6 Å². The van der Waals surface area contributed by atoms with Gasteiger partial charge in [0.1, 0.15) is 11.4 Å². The van der Waals surface area contributed by atoms with Crippen LogP contribution in [0.15, 0.2) is 41.2 Å². The molecule has 0 fully saturated rings. The monoisotopic (exact) mass is 284 g/mol. The van der Waals surface area contributed by atoms with Crippen LogP contribution in [0.3, 0.4) is 0 Å². The number of aromatic carboxylic acids is 1. The van der Waals surface area contributed by atoms with Gasteiger partial charge in [-0.3, -0.25) is 9.36 Å². The number of hydrogen-bond donors (Lipinski definition) is 1. The van der Waals surface area contributed by atoms with Gasteiger partial charge in [-0.25, -0.2) is 4.79 Å². The molecule has 0 bridgehead atoms. The van der Waals surface area contributed by atoms with Gasteiger partial charge >= 0.3 is 5.97 Å². The molecule has 2 aromatic rings. The summed E-state index contributed by atoms with van der Waals surface area (Å²) in [4.78, 5) is 23.1. The Labute approximate surface area is 120 Å². The number of carboxylic acids is 1. The SMILES string of the molecule is COc1ccc(C#N)cc1Cn1c(C(=O)O)cccc1=O. The third-order valence-corrected chi connectivity index (χ3v) is 3.01. The number of carbonyl (C=O) groups is 1. The fraction of sp³-hybridized carbons (Fsp3) is 0.133. The van der Waals surface area contributed by atoms with Gasteiger partial charge in [-0.15, -0.1) is 0 Å². The Morgan fingerprint density at radius 3 is 2.76 bits per heavy atom. The summed E-state index contributed by atoms with van der Waals surface area (Å²) in [6.07, 6.45) is 0.